The number of allylic oxidation sites excluding steroid dienone is 2. The summed E-state index contributed by atoms with van der Waals surface area (Å²) in [7, 11) is 0. The van der Waals surface area contributed by atoms with Crippen LogP contribution in [-0.2, 0) is 4.74 Å². The van der Waals surface area contributed by atoms with E-state index in [0.717, 1.165) is 26.9 Å². The van der Waals surface area contributed by atoms with Crippen LogP contribution in [0.3, 0.4) is 0 Å². The Morgan fingerprint density at radius 3 is 2.58 bits per heavy atom. The van der Waals surface area contributed by atoms with E-state index >= 15 is 0 Å². The van der Waals surface area contributed by atoms with E-state index in [4.69, 9.17) is 19.3 Å². The Labute approximate surface area is 211 Å². The van der Waals surface area contributed by atoms with E-state index in [-0.39, 0.29) is 11.8 Å². The summed E-state index contributed by atoms with van der Waals surface area (Å²) in [4.78, 5) is 26.6. The number of carbonyl (C=O) groups is 1. The van der Waals surface area contributed by atoms with Gasteiger partial charge in [0.1, 0.15) is 0 Å². The van der Waals surface area contributed by atoms with Crippen LogP contribution < -0.4 is 4.90 Å². The average molecular weight is 504 g/mol. The summed E-state index contributed by atoms with van der Waals surface area (Å²) in [6.45, 7) is 7.16. The highest BCUT2D eigenvalue weighted by atomic mass is 32.1. The third kappa shape index (κ3) is 4.31. The molecule has 0 N–H and O–H groups in total. The van der Waals surface area contributed by atoms with Crippen molar-refractivity contribution in [2.45, 2.75) is 19.8 Å². The van der Waals surface area contributed by atoms with Gasteiger partial charge in [0.05, 0.1) is 25.1 Å². The summed E-state index contributed by atoms with van der Waals surface area (Å²) in [5.41, 5.74) is 3.34. The molecule has 3 aromatic heterocycles. The normalized spacial score (nSPS) is 16.2. The fourth-order valence-corrected chi connectivity index (χ4v) is 4.94. The number of benzene rings is 1. The maximum Gasteiger partial charge on any atom is 0.257 e. The third-order valence-electron chi connectivity index (χ3n) is 6.15. The van der Waals surface area contributed by atoms with Crippen LogP contribution in [0.5, 0.6) is 0 Å². The Bertz CT molecular complexity index is 1430. The van der Waals surface area contributed by atoms with Crippen LogP contribution in [-0.4, -0.2) is 68.4 Å². The lowest BCUT2D eigenvalue weighted by Gasteiger charge is -2.26. The fraction of sp³-hybridized carbons (Fsp3) is 0.320. The van der Waals surface area contributed by atoms with Crippen molar-refractivity contribution >= 4 is 32.9 Å². The van der Waals surface area contributed by atoms with Gasteiger partial charge in [-0.25, -0.2) is 9.50 Å². The van der Waals surface area contributed by atoms with Gasteiger partial charge < -0.3 is 19.1 Å². The van der Waals surface area contributed by atoms with Crippen LogP contribution in [0, 0.1) is 0 Å². The van der Waals surface area contributed by atoms with Gasteiger partial charge in [0.15, 0.2) is 5.82 Å². The maximum absolute atomic E-state index is 12.7. The van der Waals surface area contributed by atoms with E-state index < -0.39 is 0 Å². The monoisotopic (exact) mass is 503 g/mol. The van der Waals surface area contributed by atoms with Crippen LogP contribution in [0.4, 0.5) is 5.13 Å². The number of aromatic nitrogens is 5. The van der Waals surface area contributed by atoms with E-state index in [1.165, 1.54) is 11.3 Å². The number of nitrogens with zero attached hydrogens (tertiary/aromatic N) is 7. The molecule has 1 aromatic carbocycles. The first-order valence-corrected chi connectivity index (χ1v) is 12.7. The quantitative estimate of drug-likeness (QED) is 0.405. The van der Waals surface area contributed by atoms with Crippen LogP contribution in [0.15, 0.2) is 53.3 Å². The lowest BCUT2D eigenvalue weighted by atomic mass is 10.1. The number of hydrogen-bond donors (Lipinski definition) is 0. The zero-order valence-electron chi connectivity index (χ0n) is 20.0. The highest BCUT2D eigenvalue weighted by Crippen LogP contribution is 2.29. The van der Waals surface area contributed by atoms with Gasteiger partial charge in [0.25, 0.3) is 11.8 Å². The molecule has 0 aliphatic carbocycles. The van der Waals surface area contributed by atoms with Gasteiger partial charge in [0, 0.05) is 48.5 Å². The number of hydrogen-bond acceptors (Lipinski definition) is 9. The maximum atomic E-state index is 12.7. The minimum atomic E-state index is 0.0354. The van der Waals surface area contributed by atoms with Crippen LogP contribution in [0.1, 0.15) is 41.8 Å². The van der Waals surface area contributed by atoms with E-state index in [9.17, 15) is 4.79 Å². The Morgan fingerprint density at radius 2 is 1.92 bits per heavy atom. The number of morpholine rings is 1. The molecule has 0 bridgehead atoms. The van der Waals surface area contributed by atoms with Gasteiger partial charge in [-0.3, -0.25) is 4.79 Å². The third-order valence-corrected chi connectivity index (χ3v) is 7.11. The number of rotatable bonds is 5. The summed E-state index contributed by atoms with van der Waals surface area (Å²) < 4.78 is 12.5. The van der Waals surface area contributed by atoms with Gasteiger partial charge in [0.2, 0.25) is 10.1 Å². The van der Waals surface area contributed by atoms with Crippen molar-refractivity contribution in [2.24, 2.45) is 0 Å². The number of imidazole rings is 1. The topological polar surface area (TPSA) is 102 Å². The second kappa shape index (κ2) is 9.32. The Balaban J connectivity index is 1.14. The van der Waals surface area contributed by atoms with Gasteiger partial charge in [-0.2, -0.15) is 4.98 Å². The standard InChI is InChI=1S/C25H25N7O3S/c1-16(2)21-27-22(35-29-21)18-7-9-31(10-8-18)25-28-32-15-20(26-24(32)36-25)17-3-5-19(6-4-17)23(33)30-11-13-34-14-12-30/h3-9,15-16H,10-14H2,1-2H3. The molecule has 5 heterocycles. The summed E-state index contributed by atoms with van der Waals surface area (Å²) in [6.07, 6.45) is 7.89. The van der Waals surface area contributed by atoms with Crippen LogP contribution >= 0.6 is 11.3 Å². The Kier molecular flexibility index (Phi) is 5.86. The second-order valence-electron chi connectivity index (χ2n) is 8.96. The van der Waals surface area contributed by atoms with Gasteiger partial charge >= 0.3 is 0 Å². The molecule has 10 nitrogen and oxygen atoms in total. The largest absolute Gasteiger partial charge is 0.378 e. The summed E-state index contributed by atoms with van der Waals surface area (Å²) in [5, 5.41) is 9.59. The lowest BCUT2D eigenvalue weighted by Crippen LogP contribution is -2.40. The van der Waals surface area contributed by atoms with Gasteiger partial charge in [-0.1, -0.05) is 48.5 Å². The van der Waals surface area contributed by atoms with Crippen molar-refractivity contribution in [3.05, 3.63) is 66.1 Å². The number of amides is 1. The van der Waals surface area contributed by atoms with Crippen molar-refractivity contribution in [1.82, 2.24) is 29.6 Å². The molecule has 6 rings (SSSR count). The number of ether oxygens (including phenoxy) is 1. The molecule has 11 heteroatoms. The second-order valence-corrected chi connectivity index (χ2v) is 9.89. The Morgan fingerprint density at radius 1 is 1.11 bits per heavy atom. The first-order chi connectivity index (χ1) is 17.5. The van der Waals surface area contributed by atoms with Crippen LogP contribution in [0.25, 0.3) is 21.8 Å². The smallest absolute Gasteiger partial charge is 0.257 e. The van der Waals surface area contributed by atoms with Crippen molar-refractivity contribution in [3.63, 3.8) is 0 Å². The first-order valence-electron chi connectivity index (χ1n) is 11.9. The van der Waals surface area contributed by atoms with Crippen molar-refractivity contribution < 1.29 is 14.1 Å². The molecule has 2 aliphatic heterocycles. The van der Waals surface area contributed by atoms with Gasteiger partial charge in [-0.05, 0) is 18.2 Å². The van der Waals surface area contributed by atoms with E-state index in [1.54, 1.807) is 4.52 Å². The van der Waals surface area contributed by atoms with E-state index in [1.807, 2.05) is 72.5 Å². The molecule has 2 aliphatic rings. The highest BCUT2D eigenvalue weighted by molar-refractivity contribution is 7.20. The molecule has 0 saturated carbocycles. The van der Waals surface area contributed by atoms with Gasteiger partial charge in [-0.15, -0.1) is 5.10 Å². The molecule has 1 amide bonds. The molecular weight excluding hydrogens is 478 g/mol. The average Bonchev–Trinajstić information content (AvgIpc) is 3.65. The summed E-state index contributed by atoms with van der Waals surface area (Å²) in [5.74, 6) is 1.50. The number of anilines is 1. The molecule has 0 radical (unpaired) electrons. The zero-order chi connectivity index (χ0) is 24.6. The van der Waals surface area contributed by atoms with Crippen molar-refractivity contribution in [2.75, 3.05) is 37.7 Å². The molecule has 0 spiro atoms. The molecular formula is C25H25N7O3S. The predicted octanol–water partition coefficient (Wildman–Crippen LogP) is 3.85. The number of carbonyl (C=O) groups excluding carboxylic acids is 1. The minimum absolute atomic E-state index is 0.0354. The van der Waals surface area contributed by atoms with E-state index in [2.05, 4.69) is 10.1 Å². The predicted molar refractivity (Wildman–Crippen MR) is 136 cm³/mol. The molecule has 1 fully saturated rings. The minimum Gasteiger partial charge on any atom is -0.378 e. The molecule has 1 saturated heterocycles. The van der Waals surface area contributed by atoms with Crippen molar-refractivity contribution in [3.8, 4) is 11.3 Å². The lowest BCUT2D eigenvalue weighted by molar-refractivity contribution is 0.0303. The fourth-order valence-electron chi connectivity index (χ4n) is 4.06. The molecule has 4 aromatic rings. The molecule has 36 heavy (non-hydrogen) atoms. The summed E-state index contributed by atoms with van der Waals surface area (Å²) >= 11 is 1.51. The van der Waals surface area contributed by atoms with Crippen LogP contribution in [0.2, 0.25) is 0 Å². The SMILES string of the molecule is CC(C)c1noc(C2=CCN(c3nn4cc(-c5ccc(C(=O)N6CCOCC6)cc5)nc4s3)C=C2)n1. The molecule has 0 unspecified atom stereocenters. The highest BCUT2D eigenvalue weighted by Gasteiger charge is 2.20. The molecule has 0 atom stereocenters. The zero-order valence-corrected chi connectivity index (χ0v) is 20.8. The van der Waals surface area contributed by atoms with Crippen molar-refractivity contribution in [1.29, 1.82) is 0 Å². The van der Waals surface area contributed by atoms with E-state index in [0.29, 0.717) is 50.1 Å². The Hall–Kier alpha value is -3.83. The first kappa shape index (κ1) is 22.6. The number of fused-ring (bicyclic) bond motifs is 1. The summed E-state index contributed by atoms with van der Waals surface area (Å²) in [6, 6.07) is 7.58. The molecule has 184 valence electrons.